The highest BCUT2D eigenvalue weighted by molar-refractivity contribution is 7.63. The van der Waals surface area contributed by atoms with Gasteiger partial charge in [0.05, 0.1) is 0 Å². The van der Waals surface area contributed by atoms with Crippen LogP contribution in [0.3, 0.4) is 0 Å². The van der Waals surface area contributed by atoms with Gasteiger partial charge in [-0.15, -0.1) is 0 Å². The highest BCUT2D eigenvalue weighted by Crippen LogP contribution is 2.21. The molecule has 0 aliphatic heterocycles. The third kappa shape index (κ3) is 2.02. The Bertz CT molecular complexity index is 279. The number of carbonyl (C=O) groups excluding carboxylic acids is 1. The number of rotatable bonds is 2. The highest BCUT2D eigenvalue weighted by atomic mass is 31.1. The Labute approximate surface area is 66.0 Å². The summed E-state index contributed by atoms with van der Waals surface area (Å²) in [5, 5.41) is 0. The molecule has 1 atom stereocenters. The Morgan fingerprint density at radius 3 is 2.27 bits per heavy atom. The third-order valence-electron chi connectivity index (χ3n) is 1.36. The van der Waals surface area contributed by atoms with Gasteiger partial charge < -0.3 is 4.57 Å². The molecule has 0 saturated carbocycles. The van der Waals surface area contributed by atoms with Crippen LogP contribution in [0.5, 0.6) is 0 Å². The molecule has 2 nitrogen and oxygen atoms in total. The molecule has 0 spiro atoms. The lowest BCUT2D eigenvalue weighted by Crippen LogP contribution is -1.90. The van der Waals surface area contributed by atoms with Crippen LogP contribution in [-0.4, -0.2) is 12.2 Å². The van der Waals surface area contributed by atoms with Gasteiger partial charge in [0.2, 0.25) is 5.52 Å². The summed E-state index contributed by atoms with van der Waals surface area (Å²) in [5.74, 6) is 0. The van der Waals surface area contributed by atoms with Crippen molar-refractivity contribution in [1.82, 2.24) is 0 Å². The predicted octanol–water partition coefficient (Wildman–Crippen LogP) is 2.02. The minimum atomic E-state index is -2.05. The van der Waals surface area contributed by atoms with Crippen LogP contribution in [-0.2, 0) is 4.57 Å². The molecule has 0 saturated heterocycles. The van der Waals surface area contributed by atoms with Crippen molar-refractivity contribution >= 4 is 13.3 Å². The quantitative estimate of drug-likeness (QED) is 0.633. The molecule has 1 unspecified atom stereocenters. The minimum absolute atomic E-state index is 0.240. The fraction of sp³-hybridized carbons (Fsp3) is 0.125. The van der Waals surface area contributed by atoms with Gasteiger partial charge in [-0.25, -0.2) is 0 Å². The van der Waals surface area contributed by atoms with Crippen molar-refractivity contribution in [2.24, 2.45) is 0 Å². The third-order valence-corrected chi connectivity index (χ3v) is 2.28. The van der Waals surface area contributed by atoms with Gasteiger partial charge in [0.15, 0.2) is 0 Å². The smallest absolute Gasteiger partial charge is 0.218 e. The molecule has 1 rings (SSSR count). The molecule has 0 aliphatic rings. The Morgan fingerprint density at radius 1 is 1.27 bits per heavy atom. The fourth-order valence-corrected chi connectivity index (χ4v) is 1.37. The molecule has 0 aromatic heterocycles. The van der Waals surface area contributed by atoms with Gasteiger partial charge in [0, 0.05) is 5.56 Å². The standard InChI is InChI=1S/C8H9O2P/c1-11(10)8(9)7-5-3-2-4-6-7/h2-6,11H,1H3. The highest BCUT2D eigenvalue weighted by Gasteiger charge is 2.06. The maximum Gasteiger partial charge on any atom is 0.218 e. The van der Waals surface area contributed by atoms with E-state index in [0.717, 1.165) is 0 Å². The van der Waals surface area contributed by atoms with Crippen molar-refractivity contribution < 1.29 is 9.36 Å². The van der Waals surface area contributed by atoms with Gasteiger partial charge in [-0.05, 0) is 6.66 Å². The Balaban J connectivity index is 2.95. The van der Waals surface area contributed by atoms with E-state index in [1.165, 1.54) is 6.66 Å². The molecule has 1 aromatic carbocycles. The first-order valence-corrected chi connectivity index (χ1v) is 5.23. The molecule has 0 amide bonds. The van der Waals surface area contributed by atoms with E-state index in [2.05, 4.69) is 0 Å². The van der Waals surface area contributed by atoms with Gasteiger partial charge in [0.1, 0.15) is 7.80 Å². The van der Waals surface area contributed by atoms with Crippen molar-refractivity contribution in [3.8, 4) is 0 Å². The Kier molecular flexibility index (Phi) is 2.61. The monoisotopic (exact) mass is 168 g/mol. The summed E-state index contributed by atoms with van der Waals surface area (Å²) in [6, 6.07) is 8.70. The van der Waals surface area contributed by atoms with Crippen molar-refractivity contribution in [2.75, 3.05) is 6.66 Å². The van der Waals surface area contributed by atoms with Gasteiger partial charge >= 0.3 is 0 Å². The van der Waals surface area contributed by atoms with E-state index in [1.807, 2.05) is 6.07 Å². The largest absolute Gasteiger partial charge is 0.319 e. The van der Waals surface area contributed by atoms with Crippen LogP contribution in [0.25, 0.3) is 0 Å². The summed E-state index contributed by atoms with van der Waals surface area (Å²) in [7, 11) is -2.05. The van der Waals surface area contributed by atoms with E-state index >= 15 is 0 Å². The molecule has 0 radical (unpaired) electrons. The lowest BCUT2D eigenvalue weighted by molar-refractivity contribution is 0.107. The average molecular weight is 168 g/mol. The zero-order valence-electron chi connectivity index (χ0n) is 6.20. The van der Waals surface area contributed by atoms with Crippen molar-refractivity contribution in [3.63, 3.8) is 0 Å². The lowest BCUT2D eigenvalue weighted by atomic mass is 10.2. The zero-order valence-corrected chi connectivity index (χ0v) is 7.20. The van der Waals surface area contributed by atoms with Crippen LogP contribution in [0.2, 0.25) is 0 Å². The normalized spacial score (nSPS) is 12.5. The molecule has 1 aromatic rings. The molecule has 0 N–H and O–H groups in total. The molecule has 11 heavy (non-hydrogen) atoms. The summed E-state index contributed by atoms with van der Waals surface area (Å²) in [6.07, 6.45) is 0. The van der Waals surface area contributed by atoms with Crippen LogP contribution in [0.15, 0.2) is 30.3 Å². The Morgan fingerprint density at radius 2 is 1.82 bits per heavy atom. The molecular formula is C8H9O2P. The second-order valence-corrected chi connectivity index (χ2v) is 3.82. The summed E-state index contributed by atoms with van der Waals surface area (Å²) < 4.78 is 10.8. The van der Waals surface area contributed by atoms with E-state index in [0.29, 0.717) is 5.56 Å². The van der Waals surface area contributed by atoms with Crippen molar-refractivity contribution in [2.45, 2.75) is 0 Å². The van der Waals surface area contributed by atoms with Gasteiger partial charge in [0.25, 0.3) is 0 Å². The first-order chi connectivity index (χ1) is 5.22. The van der Waals surface area contributed by atoms with Crippen LogP contribution < -0.4 is 0 Å². The van der Waals surface area contributed by atoms with Gasteiger partial charge in [-0.3, -0.25) is 4.79 Å². The molecule has 3 heteroatoms. The topological polar surface area (TPSA) is 34.1 Å². The molecule has 58 valence electrons. The zero-order chi connectivity index (χ0) is 8.27. The molecular weight excluding hydrogens is 159 g/mol. The first-order valence-electron chi connectivity index (χ1n) is 3.32. The summed E-state index contributed by atoms with van der Waals surface area (Å²) >= 11 is 0. The Hall–Kier alpha value is -0.880. The van der Waals surface area contributed by atoms with Gasteiger partial charge in [-0.1, -0.05) is 30.3 Å². The van der Waals surface area contributed by atoms with Crippen LogP contribution >= 0.6 is 7.80 Å². The van der Waals surface area contributed by atoms with E-state index in [-0.39, 0.29) is 5.52 Å². The van der Waals surface area contributed by atoms with E-state index in [4.69, 9.17) is 0 Å². The molecule has 0 heterocycles. The second-order valence-electron chi connectivity index (χ2n) is 2.25. The minimum Gasteiger partial charge on any atom is -0.319 e. The fourth-order valence-electron chi connectivity index (χ4n) is 0.793. The van der Waals surface area contributed by atoms with Crippen LogP contribution in [0.1, 0.15) is 10.4 Å². The van der Waals surface area contributed by atoms with Gasteiger partial charge in [-0.2, -0.15) is 0 Å². The predicted molar refractivity (Wildman–Crippen MR) is 45.7 cm³/mol. The maximum atomic E-state index is 11.1. The summed E-state index contributed by atoms with van der Waals surface area (Å²) in [5.41, 5.74) is 0.300. The number of hydrogen-bond acceptors (Lipinski definition) is 2. The number of hydrogen-bond donors (Lipinski definition) is 0. The van der Waals surface area contributed by atoms with E-state index < -0.39 is 7.80 Å². The van der Waals surface area contributed by atoms with E-state index in [1.54, 1.807) is 24.3 Å². The average Bonchev–Trinajstić information content (AvgIpc) is 2.05. The van der Waals surface area contributed by atoms with E-state index in [9.17, 15) is 9.36 Å². The SMILES string of the molecule is C[PH](=O)C(=O)c1ccccc1. The molecule has 0 fully saturated rings. The lowest BCUT2D eigenvalue weighted by Gasteiger charge is -1.94. The number of benzene rings is 1. The maximum absolute atomic E-state index is 11.1. The van der Waals surface area contributed by atoms with Crippen molar-refractivity contribution in [3.05, 3.63) is 35.9 Å². The molecule has 0 aliphatic carbocycles. The first kappa shape index (κ1) is 8.22. The summed E-state index contributed by atoms with van der Waals surface area (Å²) in [6.45, 7) is 1.46. The van der Waals surface area contributed by atoms with Crippen LogP contribution in [0, 0.1) is 0 Å². The second kappa shape index (κ2) is 3.49. The molecule has 0 bridgehead atoms. The summed E-state index contributed by atoms with van der Waals surface area (Å²) in [4.78, 5) is 11.1. The van der Waals surface area contributed by atoms with Crippen LogP contribution in [0.4, 0.5) is 0 Å². The number of carbonyl (C=O) groups is 1. The van der Waals surface area contributed by atoms with Crippen molar-refractivity contribution in [1.29, 1.82) is 0 Å².